The summed E-state index contributed by atoms with van der Waals surface area (Å²) in [5.74, 6) is 0.0665. The van der Waals surface area contributed by atoms with Gasteiger partial charge in [-0.25, -0.2) is 4.98 Å². The number of carbonyl (C=O) groups is 2. The number of anilines is 6. The number of aromatic nitrogens is 2. The van der Waals surface area contributed by atoms with E-state index >= 15 is 0 Å². The quantitative estimate of drug-likeness (QED) is 0.290. The monoisotopic (exact) mass is 589 g/mol. The second kappa shape index (κ2) is 11.2. The van der Waals surface area contributed by atoms with E-state index in [1.165, 1.54) is 25.2 Å². The van der Waals surface area contributed by atoms with Crippen molar-refractivity contribution in [2.24, 2.45) is 0 Å². The van der Waals surface area contributed by atoms with Gasteiger partial charge in [-0.05, 0) is 36.4 Å². The average molecular weight is 590 g/mol. The Morgan fingerprint density at radius 1 is 1.02 bits per heavy atom. The number of rotatable bonds is 6. The average Bonchev–Trinajstić information content (AvgIpc) is 3.00. The van der Waals surface area contributed by atoms with Gasteiger partial charge in [-0.2, -0.15) is 13.2 Å². The van der Waals surface area contributed by atoms with Crippen LogP contribution in [0, 0.1) is 0 Å². The van der Waals surface area contributed by atoms with E-state index in [9.17, 15) is 22.8 Å². The van der Waals surface area contributed by atoms with Gasteiger partial charge in [0, 0.05) is 43.8 Å². The highest BCUT2D eigenvalue weighted by atomic mass is 19.4. The van der Waals surface area contributed by atoms with Crippen molar-refractivity contribution in [2.45, 2.75) is 12.2 Å². The number of alkyl halides is 3. The van der Waals surface area contributed by atoms with Crippen LogP contribution in [0.5, 0.6) is 5.75 Å². The molecule has 1 atom stereocenters. The van der Waals surface area contributed by atoms with E-state index in [0.717, 1.165) is 11.9 Å². The number of piperazine rings is 1. The molecule has 4 aromatic rings. The molecule has 2 amide bonds. The third-order valence-corrected chi connectivity index (χ3v) is 7.20. The third kappa shape index (κ3) is 5.61. The Kier molecular flexibility index (Phi) is 7.22. The number of pyridine rings is 2. The predicted molar refractivity (Wildman–Crippen MR) is 155 cm³/mol. The lowest BCUT2D eigenvalue weighted by atomic mass is 10.1. The normalized spacial score (nSPS) is 16.1. The molecule has 13 heteroatoms. The lowest BCUT2D eigenvalue weighted by Crippen LogP contribution is -2.60. The Labute approximate surface area is 244 Å². The van der Waals surface area contributed by atoms with Crippen LogP contribution in [0.1, 0.15) is 15.9 Å². The zero-order valence-electron chi connectivity index (χ0n) is 22.9. The van der Waals surface area contributed by atoms with Crippen LogP contribution in [0.4, 0.5) is 47.4 Å². The van der Waals surface area contributed by atoms with Crippen molar-refractivity contribution in [3.8, 4) is 5.75 Å². The second-order valence-electron chi connectivity index (χ2n) is 9.99. The molecule has 2 aromatic heterocycles. The highest BCUT2D eigenvalue weighted by molar-refractivity contribution is 6.01. The van der Waals surface area contributed by atoms with Gasteiger partial charge in [-0.15, -0.1) is 0 Å². The smallest absolute Gasteiger partial charge is 0.419 e. The molecule has 0 aliphatic carbocycles. The van der Waals surface area contributed by atoms with Crippen LogP contribution in [0.2, 0.25) is 0 Å². The van der Waals surface area contributed by atoms with Gasteiger partial charge < -0.3 is 25.6 Å². The third-order valence-electron chi connectivity index (χ3n) is 7.20. The van der Waals surface area contributed by atoms with Crippen molar-refractivity contribution in [3.05, 3.63) is 90.4 Å². The number of halogens is 3. The summed E-state index contributed by atoms with van der Waals surface area (Å²) in [6, 6.07) is 16.1. The fourth-order valence-electron chi connectivity index (χ4n) is 5.20. The molecular weight excluding hydrogens is 563 g/mol. The maximum Gasteiger partial charge on any atom is 0.419 e. The number of carbonyl (C=O) groups excluding carboxylic acids is 2. The van der Waals surface area contributed by atoms with Crippen LogP contribution >= 0.6 is 0 Å². The van der Waals surface area contributed by atoms with Crippen molar-refractivity contribution in [2.75, 3.05) is 47.2 Å². The minimum absolute atomic E-state index is 0.0810. The summed E-state index contributed by atoms with van der Waals surface area (Å²) in [7, 11) is 1.44. The first-order valence-corrected chi connectivity index (χ1v) is 13.4. The molecule has 3 N–H and O–H groups in total. The molecule has 1 fully saturated rings. The summed E-state index contributed by atoms with van der Waals surface area (Å²) in [5.41, 5.74) is 1.09. The lowest BCUT2D eigenvalue weighted by Gasteiger charge is -2.44. The Morgan fingerprint density at radius 2 is 1.86 bits per heavy atom. The van der Waals surface area contributed by atoms with E-state index in [2.05, 4.69) is 25.9 Å². The van der Waals surface area contributed by atoms with E-state index in [0.29, 0.717) is 23.7 Å². The molecule has 4 heterocycles. The highest BCUT2D eigenvalue weighted by Crippen LogP contribution is 2.40. The molecule has 2 aromatic carbocycles. The topological polar surface area (TPSA) is 112 Å². The Hall–Kier alpha value is -5.33. The molecular formula is C30H26F3N7O3. The van der Waals surface area contributed by atoms with Gasteiger partial charge in [0.2, 0.25) is 5.91 Å². The fourth-order valence-corrected chi connectivity index (χ4v) is 5.20. The fraction of sp³-hybridized carbons (Fsp3) is 0.200. The minimum atomic E-state index is -4.69. The Morgan fingerprint density at radius 3 is 2.63 bits per heavy atom. The number of amides is 2. The second-order valence-corrected chi connectivity index (χ2v) is 9.99. The van der Waals surface area contributed by atoms with E-state index in [-0.39, 0.29) is 47.9 Å². The molecule has 220 valence electrons. The Balaban J connectivity index is 1.24. The summed E-state index contributed by atoms with van der Waals surface area (Å²) in [6.45, 7) is 1.04. The number of hydrogen-bond acceptors (Lipinski definition) is 8. The molecule has 0 radical (unpaired) electrons. The molecule has 0 spiro atoms. The van der Waals surface area contributed by atoms with Gasteiger partial charge >= 0.3 is 6.18 Å². The van der Waals surface area contributed by atoms with Crippen LogP contribution in [0.25, 0.3) is 0 Å². The zero-order valence-corrected chi connectivity index (χ0v) is 22.9. The summed E-state index contributed by atoms with van der Waals surface area (Å²) in [4.78, 5) is 37.3. The van der Waals surface area contributed by atoms with E-state index in [1.54, 1.807) is 47.6 Å². The van der Waals surface area contributed by atoms with Gasteiger partial charge in [-0.1, -0.05) is 12.1 Å². The molecule has 43 heavy (non-hydrogen) atoms. The van der Waals surface area contributed by atoms with Crippen molar-refractivity contribution >= 4 is 46.1 Å². The number of nitrogens with zero attached hydrogens (tertiary/aromatic N) is 4. The summed E-state index contributed by atoms with van der Waals surface area (Å²) in [6.07, 6.45) is -0.570. The molecule has 2 aliphatic heterocycles. The largest absolute Gasteiger partial charge is 0.489 e. The number of nitrogens with one attached hydrogen (secondary N) is 3. The first-order chi connectivity index (χ1) is 20.7. The molecule has 6 rings (SSSR count). The van der Waals surface area contributed by atoms with Gasteiger partial charge in [0.05, 0.1) is 52.7 Å². The van der Waals surface area contributed by atoms with E-state index in [4.69, 9.17) is 4.74 Å². The van der Waals surface area contributed by atoms with Crippen LogP contribution in [-0.2, 0) is 11.0 Å². The van der Waals surface area contributed by atoms with Crippen molar-refractivity contribution in [3.63, 3.8) is 0 Å². The summed E-state index contributed by atoms with van der Waals surface area (Å²) >= 11 is 0. The van der Waals surface area contributed by atoms with Gasteiger partial charge in [0.1, 0.15) is 18.2 Å². The van der Waals surface area contributed by atoms with E-state index < -0.39 is 17.6 Å². The van der Waals surface area contributed by atoms with Crippen LogP contribution in [0.3, 0.4) is 0 Å². The lowest BCUT2D eigenvalue weighted by molar-refractivity contribution is -0.137. The number of benzene rings is 2. The number of fused-ring (bicyclic) bond motifs is 3. The summed E-state index contributed by atoms with van der Waals surface area (Å²) in [5, 5.41) is 8.26. The number of hydrogen-bond donors (Lipinski definition) is 3. The van der Waals surface area contributed by atoms with Crippen LogP contribution < -0.4 is 30.5 Å². The highest BCUT2D eigenvalue weighted by Gasteiger charge is 2.39. The molecule has 10 nitrogen and oxygen atoms in total. The first-order valence-electron chi connectivity index (χ1n) is 13.4. The van der Waals surface area contributed by atoms with Crippen LogP contribution in [0.15, 0.2) is 79.3 Å². The first kappa shape index (κ1) is 27.8. The van der Waals surface area contributed by atoms with E-state index in [1.807, 2.05) is 17.0 Å². The van der Waals surface area contributed by atoms with Gasteiger partial charge in [0.15, 0.2) is 0 Å². The standard InChI is InChI=1S/C30H26F3N7O3/c1-34-29(42)21-6-2-3-7-23(21)38-24-12-27(36-14-22(24)30(31,32)33)37-18-8-9-25-26(11-18)43-17-20-15-39(16-28(41)40(20)25)19-5-4-10-35-13-19/h2-14,20H,15-17H2,1H3,(H,34,42)(H2,36,37,38). The predicted octanol–water partition coefficient (Wildman–Crippen LogP) is 4.96. The molecule has 2 aliphatic rings. The SMILES string of the molecule is CNC(=O)c1ccccc1Nc1cc(Nc2ccc3c(c2)OCC2CN(c4cccnc4)CC(=O)N32)ncc1C(F)(F)F. The molecule has 1 saturated heterocycles. The minimum Gasteiger partial charge on any atom is -0.489 e. The molecule has 0 bridgehead atoms. The number of para-hydroxylation sites is 1. The molecule has 0 saturated carbocycles. The zero-order chi connectivity index (χ0) is 30.1. The van der Waals surface area contributed by atoms with Gasteiger partial charge in [0.25, 0.3) is 5.91 Å². The van der Waals surface area contributed by atoms with Crippen molar-refractivity contribution in [1.82, 2.24) is 15.3 Å². The van der Waals surface area contributed by atoms with Gasteiger partial charge in [-0.3, -0.25) is 19.5 Å². The summed E-state index contributed by atoms with van der Waals surface area (Å²) < 4.78 is 47.7. The maximum atomic E-state index is 13.9. The van der Waals surface area contributed by atoms with Crippen LogP contribution in [-0.4, -0.2) is 54.6 Å². The van der Waals surface area contributed by atoms with Crippen molar-refractivity contribution < 1.29 is 27.5 Å². The maximum absolute atomic E-state index is 13.9. The van der Waals surface area contributed by atoms with Crippen molar-refractivity contribution in [1.29, 1.82) is 0 Å². The Bertz CT molecular complexity index is 1680. The number of ether oxygens (including phenoxy) is 1. The molecule has 1 unspecified atom stereocenters.